The summed E-state index contributed by atoms with van der Waals surface area (Å²) in [6.45, 7) is 1.32. The topological polar surface area (TPSA) is 82.7 Å². The molecule has 0 fully saturated rings. The van der Waals surface area contributed by atoms with Gasteiger partial charge in [-0.05, 0) is 12.1 Å². The van der Waals surface area contributed by atoms with E-state index in [4.69, 9.17) is 0 Å². The van der Waals surface area contributed by atoms with Crippen LogP contribution in [0.5, 0.6) is 0 Å². The molecule has 1 heterocycles. The average molecular weight is 350 g/mol. The van der Waals surface area contributed by atoms with Gasteiger partial charge in [-0.1, -0.05) is 23.5 Å². The van der Waals surface area contributed by atoms with E-state index >= 15 is 0 Å². The Labute approximate surface area is 138 Å². The molecule has 0 amide bonds. The van der Waals surface area contributed by atoms with Gasteiger partial charge >= 0.3 is 4.87 Å². The highest BCUT2D eigenvalue weighted by Crippen LogP contribution is 2.19. The molecule has 1 aromatic heterocycles. The highest BCUT2D eigenvalue weighted by Gasteiger charge is 2.28. The maximum Gasteiger partial charge on any atom is 0.312 e. The summed E-state index contributed by atoms with van der Waals surface area (Å²) in [4.78, 5) is 12.2. The van der Waals surface area contributed by atoms with Crippen molar-refractivity contribution in [1.29, 1.82) is 0 Å². The van der Waals surface area contributed by atoms with Crippen LogP contribution in [0.25, 0.3) is 10.2 Å². The van der Waals surface area contributed by atoms with Gasteiger partial charge in [0.15, 0.2) is 6.67 Å². The second-order valence-electron chi connectivity index (χ2n) is 5.09. The maximum absolute atomic E-state index is 12.2. The number of aliphatic hydroxyl groups is 3. The van der Waals surface area contributed by atoms with Crippen molar-refractivity contribution in [3.63, 3.8) is 0 Å². The first kappa shape index (κ1) is 19.1. The van der Waals surface area contributed by atoms with Gasteiger partial charge in [0.2, 0.25) is 0 Å². The van der Waals surface area contributed by atoms with Crippen LogP contribution in [0.3, 0.4) is 0 Å². The van der Waals surface area contributed by atoms with E-state index in [2.05, 4.69) is 0 Å². The lowest BCUT2D eigenvalue weighted by Crippen LogP contribution is -2.54. The number of halogens is 1. The van der Waals surface area contributed by atoms with Crippen molar-refractivity contribution in [3.8, 4) is 0 Å². The molecule has 2 aromatic rings. The van der Waals surface area contributed by atoms with Crippen LogP contribution in [-0.2, 0) is 6.67 Å². The van der Waals surface area contributed by atoms with Crippen molar-refractivity contribution >= 4 is 34.0 Å². The van der Waals surface area contributed by atoms with Gasteiger partial charge in [-0.3, -0.25) is 9.36 Å². The van der Waals surface area contributed by atoms with Crippen LogP contribution in [-0.4, -0.2) is 63.8 Å². The third-order valence-electron chi connectivity index (χ3n) is 3.74. The zero-order chi connectivity index (χ0) is 15.3. The molecule has 0 unspecified atom stereocenters. The van der Waals surface area contributed by atoms with Crippen molar-refractivity contribution in [2.75, 3.05) is 39.5 Å². The Balaban J connectivity index is 0.00000242. The van der Waals surface area contributed by atoms with Crippen LogP contribution in [0, 0.1) is 0 Å². The number of aromatic nitrogens is 1. The number of rotatable bonds is 8. The Kier molecular flexibility index (Phi) is 7.47. The molecule has 0 bridgehead atoms. The molecule has 0 aliphatic heterocycles. The van der Waals surface area contributed by atoms with Crippen molar-refractivity contribution in [2.45, 2.75) is 6.67 Å². The fourth-order valence-corrected chi connectivity index (χ4v) is 3.52. The molecule has 0 spiro atoms. The van der Waals surface area contributed by atoms with Crippen molar-refractivity contribution < 1.29 is 19.8 Å². The van der Waals surface area contributed by atoms with Crippen LogP contribution in [0.2, 0.25) is 0 Å². The van der Waals surface area contributed by atoms with Gasteiger partial charge in [0.1, 0.15) is 19.6 Å². The highest BCUT2D eigenvalue weighted by molar-refractivity contribution is 7.16. The molecule has 0 saturated heterocycles. The third kappa shape index (κ3) is 4.07. The first-order chi connectivity index (χ1) is 10.2. The molecule has 124 valence electrons. The number of benzene rings is 1. The minimum atomic E-state index is -0.0625. The molecule has 3 N–H and O–H groups in total. The monoisotopic (exact) mass is 349 g/mol. The van der Waals surface area contributed by atoms with Crippen LogP contribution in [0.4, 0.5) is 0 Å². The fraction of sp³-hybridized carbons (Fsp3) is 0.500. The summed E-state index contributed by atoms with van der Waals surface area (Å²) < 4.78 is 2.86. The van der Waals surface area contributed by atoms with E-state index in [-0.39, 0.29) is 41.6 Å². The lowest BCUT2D eigenvalue weighted by atomic mass is 10.3. The van der Waals surface area contributed by atoms with Gasteiger partial charge < -0.3 is 19.8 Å². The number of aliphatic hydroxyl groups excluding tert-OH is 3. The summed E-state index contributed by atoms with van der Waals surface area (Å²) in [5, 5.41) is 27.9. The number of quaternary nitrogens is 1. The van der Waals surface area contributed by atoms with Crippen LogP contribution in [0.1, 0.15) is 0 Å². The smallest absolute Gasteiger partial charge is 0.312 e. The maximum atomic E-state index is 12.2. The molecular weight excluding hydrogens is 328 g/mol. The van der Waals surface area contributed by atoms with Crippen LogP contribution in [0.15, 0.2) is 29.1 Å². The quantitative estimate of drug-likeness (QED) is 0.596. The van der Waals surface area contributed by atoms with E-state index in [0.29, 0.717) is 26.3 Å². The van der Waals surface area contributed by atoms with Crippen LogP contribution >= 0.6 is 23.7 Å². The lowest BCUT2D eigenvalue weighted by Gasteiger charge is -2.37. The molecular formula is C14H22ClN2O4S+. The summed E-state index contributed by atoms with van der Waals surface area (Å²) in [6.07, 6.45) is 0. The number of thiazole rings is 1. The minimum absolute atomic E-state index is 0. The molecule has 6 nitrogen and oxygen atoms in total. The van der Waals surface area contributed by atoms with Crippen LogP contribution < -0.4 is 4.87 Å². The van der Waals surface area contributed by atoms with E-state index in [1.807, 2.05) is 24.3 Å². The van der Waals surface area contributed by atoms with Gasteiger partial charge in [-0.2, -0.15) is 0 Å². The Morgan fingerprint density at radius 2 is 1.55 bits per heavy atom. The van der Waals surface area contributed by atoms with Gasteiger partial charge in [-0.15, -0.1) is 12.4 Å². The Morgan fingerprint density at radius 1 is 1.00 bits per heavy atom. The van der Waals surface area contributed by atoms with Crippen molar-refractivity contribution in [3.05, 3.63) is 33.9 Å². The zero-order valence-corrected chi connectivity index (χ0v) is 13.9. The predicted molar refractivity (Wildman–Crippen MR) is 89.5 cm³/mol. The summed E-state index contributed by atoms with van der Waals surface area (Å²) in [5.41, 5.74) is 0.851. The van der Waals surface area contributed by atoms with E-state index in [9.17, 15) is 20.1 Å². The fourth-order valence-electron chi connectivity index (χ4n) is 2.63. The Bertz CT molecular complexity index is 626. The van der Waals surface area contributed by atoms with E-state index < -0.39 is 0 Å². The largest absolute Gasteiger partial charge is 0.391 e. The molecule has 22 heavy (non-hydrogen) atoms. The number of hydrogen-bond donors (Lipinski definition) is 3. The van der Waals surface area contributed by atoms with Crippen molar-refractivity contribution in [2.24, 2.45) is 0 Å². The third-order valence-corrected chi connectivity index (χ3v) is 4.70. The van der Waals surface area contributed by atoms with Crippen molar-refractivity contribution in [1.82, 2.24) is 4.57 Å². The molecule has 0 aliphatic rings. The number of hydrogen-bond acceptors (Lipinski definition) is 5. The molecule has 0 aliphatic carbocycles. The van der Waals surface area contributed by atoms with Gasteiger partial charge in [0.25, 0.3) is 0 Å². The molecule has 0 radical (unpaired) electrons. The zero-order valence-electron chi connectivity index (χ0n) is 12.2. The Hall–Kier alpha value is -0.960. The molecule has 8 heteroatoms. The molecule has 1 aromatic carbocycles. The first-order valence-electron chi connectivity index (χ1n) is 6.92. The minimum Gasteiger partial charge on any atom is -0.391 e. The lowest BCUT2D eigenvalue weighted by molar-refractivity contribution is -0.949. The SMILES string of the molecule is Cl.O=c1sc2ccccc2n1C[N+](CCO)(CCO)CCO. The summed E-state index contributed by atoms with van der Waals surface area (Å²) in [6, 6.07) is 7.55. The second kappa shape index (κ2) is 8.61. The highest BCUT2D eigenvalue weighted by atomic mass is 35.5. The Morgan fingerprint density at radius 3 is 2.09 bits per heavy atom. The summed E-state index contributed by atoms with van der Waals surface area (Å²) >= 11 is 1.18. The second-order valence-corrected chi connectivity index (χ2v) is 6.08. The summed E-state index contributed by atoms with van der Waals surface area (Å²) in [5.74, 6) is 0. The van der Waals surface area contributed by atoms with E-state index in [0.717, 1.165) is 10.2 Å². The molecule has 0 atom stereocenters. The normalized spacial score (nSPS) is 11.6. The molecule has 2 rings (SSSR count). The number of nitrogens with zero attached hydrogens (tertiary/aromatic N) is 2. The first-order valence-corrected chi connectivity index (χ1v) is 7.73. The molecule has 0 saturated carbocycles. The standard InChI is InChI=1S/C14H21N2O4S.ClH/c17-8-5-16(6-9-18,7-10-19)11-15-12-3-1-2-4-13(12)21-14(15)20;/h1-4,17-19H,5-11H2;1H/q+1;. The average Bonchev–Trinajstić information content (AvgIpc) is 2.76. The van der Waals surface area contributed by atoms with Gasteiger partial charge in [0.05, 0.1) is 30.0 Å². The number of para-hydroxylation sites is 1. The van der Waals surface area contributed by atoms with Gasteiger partial charge in [0, 0.05) is 0 Å². The number of fused-ring (bicyclic) bond motifs is 1. The van der Waals surface area contributed by atoms with E-state index in [1.165, 1.54) is 11.3 Å². The van der Waals surface area contributed by atoms with E-state index in [1.54, 1.807) is 4.57 Å². The predicted octanol–water partition coefficient (Wildman–Crippen LogP) is 0.236. The van der Waals surface area contributed by atoms with Gasteiger partial charge in [-0.25, -0.2) is 0 Å². The summed E-state index contributed by atoms with van der Waals surface area (Å²) in [7, 11) is 0.